The summed E-state index contributed by atoms with van der Waals surface area (Å²) in [6, 6.07) is 0. The molecule has 0 radical (unpaired) electrons. The minimum Gasteiger partial charge on any atom is -0.316 e. The van der Waals surface area contributed by atoms with Gasteiger partial charge >= 0.3 is 0 Å². The molecule has 1 aliphatic heterocycles. The van der Waals surface area contributed by atoms with Crippen molar-refractivity contribution in [2.24, 2.45) is 5.92 Å². The van der Waals surface area contributed by atoms with Crippen LogP contribution in [0.2, 0.25) is 0 Å². The van der Waals surface area contributed by atoms with Gasteiger partial charge in [0.25, 0.3) is 0 Å². The fraction of sp³-hybridized carbons (Fsp3) is 0.833. The van der Waals surface area contributed by atoms with Crippen LogP contribution < -0.4 is 5.32 Å². The maximum atomic E-state index is 3.88. The second kappa shape index (κ2) is 2.96. The van der Waals surface area contributed by atoms with Crippen LogP contribution in [-0.4, -0.2) is 33.7 Å². The molecule has 1 aliphatic rings. The normalized spacial score (nSPS) is 18.2. The molecular weight excluding hydrogens is 142 g/mol. The van der Waals surface area contributed by atoms with Crippen molar-refractivity contribution in [2.45, 2.75) is 12.8 Å². The lowest BCUT2D eigenvalue weighted by atomic mass is 9.97. The van der Waals surface area contributed by atoms with Crippen LogP contribution in [0.3, 0.4) is 0 Å². The van der Waals surface area contributed by atoms with Crippen LogP contribution in [0.5, 0.6) is 0 Å². The van der Waals surface area contributed by atoms with Gasteiger partial charge in [-0.05, 0) is 25.4 Å². The number of hydrogen-bond donors (Lipinski definition) is 2. The number of tetrazole rings is 1. The van der Waals surface area contributed by atoms with E-state index in [0.717, 1.165) is 31.3 Å². The second-order valence-corrected chi connectivity index (χ2v) is 2.89. The Hall–Kier alpha value is -0.970. The molecule has 0 atom stereocenters. The average Bonchev–Trinajstić information content (AvgIpc) is 2.36. The van der Waals surface area contributed by atoms with E-state index in [1.54, 1.807) is 0 Å². The summed E-state index contributed by atoms with van der Waals surface area (Å²) in [5, 5.41) is 16.9. The van der Waals surface area contributed by atoms with Gasteiger partial charge in [-0.2, -0.15) is 5.21 Å². The van der Waals surface area contributed by atoms with Crippen LogP contribution in [0.4, 0.5) is 0 Å². The fourth-order valence-corrected chi connectivity index (χ4v) is 1.17. The maximum absolute atomic E-state index is 3.88. The molecule has 60 valence electrons. The molecule has 0 aromatic carbocycles. The monoisotopic (exact) mass is 153 g/mol. The van der Waals surface area contributed by atoms with Gasteiger partial charge in [-0.25, -0.2) is 0 Å². The van der Waals surface area contributed by atoms with E-state index in [2.05, 4.69) is 25.9 Å². The molecule has 1 aromatic rings. The van der Waals surface area contributed by atoms with Crippen molar-refractivity contribution in [3.8, 4) is 0 Å². The average molecular weight is 153 g/mol. The first-order valence-electron chi connectivity index (χ1n) is 3.88. The van der Waals surface area contributed by atoms with E-state index in [0.29, 0.717) is 0 Å². The van der Waals surface area contributed by atoms with Crippen molar-refractivity contribution in [3.05, 3.63) is 5.82 Å². The molecule has 1 aromatic heterocycles. The molecule has 0 unspecified atom stereocenters. The van der Waals surface area contributed by atoms with Crippen LogP contribution in [0, 0.1) is 5.92 Å². The van der Waals surface area contributed by atoms with Crippen LogP contribution in [0.15, 0.2) is 0 Å². The molecule has 1 saturated heterocycles. The summed E-state index contributed by atoms with van der Waals surface area (Å²) in [5.41, 5.74) is 0. The quantitative estimate of drug-likeness (QED) is 0.605. The Morgan fingerprint density at radius 1 is 1.45 bits per heavy atom. The number of hydrogen-bond acceptors (Lipinski definition) is 4. The van der Waals surface area contributed by atoms with E-state index in [-0.39, 0.29) is 0 Å². The van der Waals surface area contributed by atoms with Gasteiger partial charge in [-0.1, -0.05) is 5.21 Å². The third-order valence-electron chi connectivity index (χ3n) is 2.03. The Kier molecular flexibility index (Phi) is 1.81. The Labute approximate surface area is 64.6 Å². The zero-order chi connectivity index (χ0) is 7.52. The van der Waals surface area contributed by atoms with Crippen molar-refractivity contribution >= 4 is 0 Å². The van der Waals surface area contributed by atoms with Gasteiger partial charge in [0.1, 0.15) is 0 Å². The Morgan fingerprint density at radius 3 is 2.91 bits per heavy atom. The predicted octanol–water partition coefficient (Wildman–Crippen LogP) is -0.648. The number of H-pyrrole nitrogens is 1. The molecule has 0 spiro atoms. The van der Waals surface area contributed by atoms with Crippen molar-refractivity contribution in [1.82, 2.24) is 25.9 Å². The summed E-state index contributed by atoms with van der Waals surface area (Å²) in [6.45, 7) is 2.30. The third-order valence-corrected chi connectivity index (χ3v) is 2.03. The third kappa shape index (κ3) is 1.54. The van der Waals surface area contributed by atoms with Crippen molar-refractivity contribution < 1.29 is 0 Å². The van der Waals surface area contributed by atoms with Gasteiger partial charge in [0.15, 0.2) is 5.82 Å². The predicted molar refractivity (Wildman–Crippen MR) is 38.9 cm³/mol. The molecule has 11 heavy (non-hydrogen) atoms. The van der Waals surface area contributed by atoms with Gasteiger partial charge in [-0.3, -0.25) is 0 Å². The van der Waals surface area contributed by atoms with Crippen LogP contribution in [-0.2, 0) is 6.42 Å². The van der Waals surface area contributed by atoms with E-state index < -0.39 is 0 Å². The first kappa shape index (κ1) is 6.72. The van der Waals surface area contributed by atoms with Crippen molar-refractivity contribution in [2.75, 3.05) is 13.1 Å². The molecule has 5 heteroatoms. The highest BCUT2D eigenvalue weighted by Gasteiger charge is 2.16. The largest absolute Gasteiger partial charge is 0.316 e. The van der Waals surface area contributed by atoms with Crippen molar-refractivity contribution in [3.63, 3.8) is 0 Å². The van der Waals surface area contributed by atoms with Crippen LogP contribution in [0.25, 0.3) is 0 Å². The van der Waals surface area contributed by atoms with Gasteiger partial charge in [-0.15, -0.1) is 10.2 Å². The Balaban J connectivity index is 1.74. The minimum absolute atomic E-state index is 0.827. The summed E-state index contributed by atoms with van der Waals surface area (Å²) in [6.07, 6.45) is 2.12. The number of nitrogens with zero attached hydrogens (tertiary/aromatic N) is 3. The summed E-state index contributed by atoms with van der Waals surface area (Å²) in [4.78, 5) is 0. The lowest BCUT2D eigenvalue weighted by molar-refractivity contribution is 0.326. The minimum atomic E-state index is 0.827. The summed E-state index contributed by atoms with van der Waals surface area (Å²) in [7, 11) is 0. The number of rotatable bonds is 3. The second-order valence-electron chi connectivity index (χ2n) is 2.89. The molecule has 5 nitrogen and oxygen atoms in total. The SMILES string of the molecule is C(CC1CNC1)c1nn[nH]n1. The molecule has 0 bridgehead atoms. The van der Waals surface area contributed by atoms with E-state index >= 15 is 0 Å². The first-order valence-corrected chi connectivity index (χ1v) is 3.88. The molecule has 0 amide bonds. The summed E-state index contributed by atoms with van der Waals surface area (Å²) < 4.78 is 0. The summed E-state index contributed by atoms with van der Waals surface area (Å²) >= 11 is 0. The molecule has 2 heterocycles. The van der Waals surface area contributed by atoms with Crippen molar-refractivity contribution in [1.29, 1.82) is 0 Å². The van der Waals surface area contributed by atoms with E-state index in [9.17, 15) is 0 Å². The highest BCUT2D eigenvalue weighted by Crippen LogP contribution is 2.10. The fourth-order valence-electron chi connectivity index (χ4n) is 1.17. The number of aryl methyl sites for hydroxylation is 1. The molecule has 1 fully saturated rings. The van der Waals surface area contributed by atoms with E-state index in [1.165, 1.54) is 6.42 Å². The molecule has 2 N–H and O–H groups in total. The highest BCUT2D eigenvalue weighted by atomic mass is 15.5. The number of nitrogens with one attached hydrogen (secondary N) is 2. The smallest absolute Gasteiger partial charge is 0.174 e. The van der Waals surface area contributed by atoms with Gasteiger partial charge < -0.3 is 5.32 Å². The zero-order valence-corrected chi connectivity index (χ0v) is 6.25. The van der Waals surface area contributed by atoms with Gasteiger partial charge in [0.2, 0.25) is 0 Å². The first-order chi connectivity index (χ1) is 5.45. The molecular formula is C6H11N5. The summed E-state index contributed by atoms with van der Waals surface area (Å²) in [5.74, 6) is 1.66. The topological polar surface area (TPSA) is 66.5 Å². The van der Waals surface area contributed by atoms with E-state index in [4.69, 9.17) is 0 Å². The number of aromatic nitrogens is 4. The highest BCUT2D eigenvalue weighted by molar-refractivity contribution is 4.82. The molecule has 2 rings (SSSR count). The molecule has 0 saturated carbocycles. The maximum Gasteiger partial charge on any atom is 0.174 e. The Morgan fingerprint density at radius 2 is 2.36 bits per heavy atom. The lowest BCUT2D eigenvalue weighted by Crippen LogP contribution is -2.42. The number of aromatic amines is 1. The zero-order valence-electron chi connectivity index (χ0n) is 6.25. The van der Waals surface area contributed by atoms with Crippen LogP contribution >= 0.6 is 0 Å². The van der Waals surface area contributed by atoms with E-state index in [1.807, 2.05) is 0 Å². The van der Waals surface area contributed by atoms with Gasteiger partial charge in [0, 0.05) is 6.42 Å². The Bertz CT molecular complexity index is 203. The molecule has 0 aliphatic carbocycles. The van der Waals surface area contributed by atoms with Gasteiger partial charge in [0.05, 0.1) is 0 Å². The lowest BCUT2D eigenvalue weighted by Gasteiger charge is -2.26. The van der Waals surface area contributed by atoms with Crippen LogP contribution in [0.1, 0.15) is 12.2 Å². The standard InChI is InChI=1S/C6H11N5/c1(5-3-7-4-5)2-6-8-10-11-9-6/h5,7H,1-4H2,(H,8,9,10,11).